The van der Waals surface area contributed by atoms with Crippen LogP contribution in [0.2, 0.25) is 0 Å². The summed E-state index contributed by atoms with van der Waals surface area (Å²) in [6.07, 6.45) is 4.00. The maximum Gasteiger partial charge on any atom is 0.133 e. The van der Waals surface area contributed by atoms with Crippen molar-refractivity contribution in [2.24, 2.45) is 11.8 Å². The van der Waals surface area contributed by atoms with Gasteiger partial charge in [0.25, 0.3) is 0 Å². The van der Waals surface area contributed by atoms with E-state index in [1.165, 1.54) is 6.42 Å². The van der Waals surface area contributed by atoms with Crippen molar-refractivity contribution < 1.29 is 4.79 Å². The highest BCUT2D eigenvalue weighted by molar-refractivity contribution is 5.78. The number of carbonyl (C=O) groups excluding carboxylic acids is 1. The van der Waals surface area contributed by atoms with E-state index in [0.717, 1.165) is 25.2 Å². The lowest BCUT2D eigenvalue weighted by atomic mass is 9.96. The van der Waals surface area contributed by atoms with E-state index in [4.69, 9.17) is 0 Å². The maximum atomic E-state index is 11.0. The number of hydrogen-bond acceptors (Lipinski definition) is 1. The van der Waals surface area contributed by atoms with Crippen molar-refractivity contribution in [2.45, 2.75) is 39.5 Å². The van der Waals surface area contributed by atoms with Gasteiger partial charge < -0.3 is 0 Å². The fraction of sp³-hybridized carbons (Fsp3) is 0.889. The van der Waals surface area contributed by atoms with Crippen LogP contribution in [0.1, 0.15) is 39.5 Å². The second kappa shape index (κ2) is 3.18. The van der Waals surface area contributed by atoms with E-state index in [0.29, 0.717) is 11.7 Å². The molecule has 58 valence electrons. The molecule has 1 heteroatoms. The van der Waals surface area contributed by atoms with E-state index in [2.05, 4.69) is 13.8 Å². The summed E-state index contributed by atoms with van der Waals surface area (Å²) in [5.41, 5.74) is 0. The van der Waals surface area contributed by atoms with Gasteiger partial charge in [0.15, 0.2) is 0 Å². The van der Waals surface area contributed by atoms with E-state index in [-0.39, 0.29) is 0 Å². The minimum atomic E-state index is 0.469. The van der Waals surface area contributed by atoms with Crippen molar-refractivity contribution >= 4 is 5.78 Å². The lowest BCUT2D eigenvalue weighted by molar-refractivity contribution is -0.119. The lowest BCUT2D eigenvalue weighted by Gasteiger charge is -2.09. The fourth-order valence-corrected chi connectivity index (χ4v) is 1.79. The summed E-state index contributed by atoms with van der Waals surface area (Å²) in [6.45, 7) is 4.43. The van der Waals surface area contributed by atoms with Crippen LogP contribution in [0, 0.1) is 11.8 Å². The molecule has 0 aromatic heterocycles. The normalized spacial score (nSPS) is 35.6. The zero-order chi connectivity index (χ0) is 7.56. The van der Waals surface area contributed by atoms with Crippen molar-refractivity contribution in [1.82, 2.24) is 0 Å². The molecule has 0 aromatic rings. The zero-order valence-electron chi connectivity index (χ0n) is 6.89. The first-order valence-corrected chi connectivity index (χ1v) is 4.20. The summed E-state index contributed by atoms with van der Waals surface area (Å²) in [5, 5.41) is 0. The van der Waals surface area contributed by atoms with Crippen LogP contribution in [0.15, 0.2) is 0 Å². The molecule has 1 saturated carbocycles. The number of carbonyl (C=O) groups is 1. The second-order valence-electron chi connectivity index (χ2n) is 3.73. The summed E-state index contributed by atoms with van der Waals surface area (Å²) in [5.74, 6) is 1.86. The molecule has 1 nitrogen and oxygen atoms in total. The minimum absolute atomic E-state index is 0.469. The van der Waals surface area contributed by atoms with Gasteiger partial charge in [-0.15, -0.1) is 0 Å². The number of rotatable bonds is 0. The maximum absolute atomic E-state index is 11.0. The molecule has 0 saturated heterocycles. The van der Waals surface area contributed by atoms with Gasteiger partial charge in [0.1, 0.15) is 5.78 Å². The highest BCUT2D eigenvalue weighted by Gasteiger charge is 2.17. The Balaban J connectivity index is 2.46. The van der Waals surface area contributed by atoms with Crippen LogP contribution in [-0.4, -0.2) is 5.78 Å². The largest absolute Gasteiger partial charge is 0.300 e. The van der Waals surface area contributed by atoms with Crippen molar-refractivity contribution in [3.8, 4) is 0 Å². The molecule has 0 bridgehead atoms. The molecule has 2 unspecified atom stereocenters. The summed E-state index contributed by atoms with van der Waals surface area (Å²) >= 11 is 0. The van der Waals surface area contributed by atoms with Crippen molar-refractivity contribution in [1.29, 1.82) is 0 Å². The summed E-state index contributed by atoms with van der Waals surface area (Å²) in [6, 6.07) is 0. The summed E-state index contributed by atoms with van der Waals surface area (Å²) in [4.78, 5) is 11.0. The molecule has 0 amide bonds. The second-order valence-corrected chi connectivity index (χ2v) is 3.73. The molecule has 0 aliphatic heterocycles. The molecule has 1 fully saturated rings. The molecule has 2 atom stereocenters. The summed E-state index contributed by atoms with van der Waals surface area (Å²) in [7, 11) is 0. The van der Waals surface area contributed by atoms with Gasteiger partial charge in [0.05, 0.1) is 0 Å². The Bertz CT molecular complexity index is 129. The summed E-state index contributed by atoms with van der Waals surface area (Å²) < 4.78 is 0. The highest BCUT2D eigenvalue weighted by Crippen LogP contribution is 2.24. The highest BCUT2D eigenvalue weighted by atomic mass is 16.1. The van der Waals surface area contributed by atoms with Gasteiger partial charge in [-0.05, 0) is 24.7 Å². The first-order chi connectivity index (χ1) is 4.68. The van der Waals surface area contributed by atoms with E-state index >= 15 is 0 Å². The Labute approximate surface area is 62.8 Å². The standard InChI is InChI=1S/C9H16O/c1-7-3-4-9(10)6-8(2)5-7/h7-8H,3-6H2,1-2H3. The van der Waals surface area contributed by atoms with Crippen LogP contribution >= 0.6 is 0 Å². The Morgan fingerprint density at radius 2 is 2.00 bits per heavy atom. The van der Waals surface area contributed by atoms with Gasteiger partial charge in [-0.25, -0.2) is 0 Å². The molecule has 0 spiro atoms. The molecule has 1 aliphatic rings. The van der Waals surface area contributed by atoms with E-state index in [1.54, 1.807) is 0 Å². The monoisotopic (exact) mass is 140 g/mol. The van der Waals surface area contributed by atoms with Crippen LogP contribution < -0.4 is 0 Å². The predicted octanol–water partition coefficient (Wildman–Crippen LogP) is 2.40. The van der Waals surface area contributed by atoms with Crippen LogP contribution in [0.4, 0.5) is 0 Å². The van der Waals surface area contributed by atoms with Crippen LogP contribution in [0.25, 0.3) is 0 Å². The average Bonchev–Trinajstić information content (AvgIpc) is 1.93. The molecule has 0 heterocycles. The number of ketones is 1. The molecule has 1 rings (SSSR count). The third-order valence-electron chi connectivity index (χ3n) is 2.30. The van der Waals surface area contributed by atoms with Gasteiger partial charge in [-0.1, -0.05) is 13.8 Å². The molecular weight excluding hydrogens is 124 g/mol. The molecule has 1 aliphatic carbocycles. The lowest BCUT2D eigenvalue weighted by Crippen LogP contribution is -2.01. The van der Waals surface area contributed by atoms with E-state index in [9.17, 15) is 4.79 Å². The Morgan fingerprint density at radius 3 is 2.70 bits per heavy atom. The smallest absolute Gasteiger partial charge is 0.133 e. The van der Waals surface area contributed by atoms with Crippen molar-refractivity contribution in [3.63, 3.8) is 0 Å². The molecule has 0 radical (unpaired) electrons. The minimum Gasteiger partial charge on any atom is -0.300 e. The molecule has 10 heavy (non-hydrogen) atoms. The van der Waals surface area contributed by atoms with Gasteiger partial charge in [0, 0.05) is 12.8 Å². The Hall–Kier alpha value is -0.330. The molecule has 0 N–H and O–H groups in total. The Morgan fingerprint density at radius 1 is 1.30 bits per heavy atom. The van der Waals surface area contributed by atoms with Gasteiger partial charge in [-0.2, -0.15) is 0 Å². The van der Waals surface area contributed by atoms with Crippen molar-refractivity contribution in [2.75, 3.05) is 0 Å². The van der Waals surface area contributed by atoms with Gasteiger partial charge >= 0.3 is 0 Å². The van der Waals surface area contributed by atoms with E-state index < -0.39 is 0 Å². The fourth-order valence-electron chi connectivity index (χ4n) is 1.79. The van der Waals surface area contributed by atoms with Crippen LogP contribution in [0.3, 0.4) is 0 Å². The van der Waals surface area contributed by atoms with Crippen LogP contribution in [0.5, 0.6) is 0 Å². The zero-order valence-corrected chi connectivity index (χ0v) is 6.89. The number of hydrogen-bond donors (Lipinski definition) is 0. The first kappa shape index (κ1) is 7.77. The molecule has 0 aromatic carbocycles. The average molecular weight is 140 g/mol. The topological polar surface area (TPSA) is 17.1 Å². The third kappa shape index (κ3) is 2.13. The quantitative estimate of drug-likeness (QED) is 0.472. The molecular formula is C9H16O. The Kier molecular flexibility index (Phi) is 2.47. The predicted molar refractivity (Wildman–Crippen MR) is 41.8 cm³/mol. The first-order valence-electron chi connectivity index (χ1n) is 4.20. The van der Waals surface area contributed by atoms with E-state index in [1.807, 2.05) is 0 Å². The van der Waals surface area contributed by atoms with Gasteiger partial charge in [0.2, 0.25) is 0 Å². The SMILES string of the molecule is CC1CCC(=O)CC(C)C1. The van der Waals surface area contributed by atoms with Crippen molar-refractivity contribution in [3.05, 3.63) is 0 Å². The number of Topliss-reactive ketones (excluding diaryl/α,β-unsaturated/α-hetero) is 1. The van der Waals surface area contributed by atoms with Crippen LogP contribution in [-0.2, 0) is 4.79 Å². The van der Waals surface area contributed by atoms with Gasteiger partial charge in [-0.3, -0.25) is 4.79 Å². The third-order valence-corrected chi connectivity index (χ3v) is 2.30.